The quantitative estimate of drug-likeness (QED) is 0.848. The van der Waals surface area contributed by atoms with Gasteiger partial charge in [-0.2, -0.15) is 4.31 Å². The number of primary amides is 1. The molecule has 1 amide bonds. The van der Waals surface area contributed by atoms with Crippen LogP contribution in [0.2, 0.25) is 0 Å². The van der Waals surface area contributed by atoms with Gasteiger partial charge in [0.15, 0.2) is 0 Å². The van der Waals surface area contributed by atoms with Crippen LogP contribution in [0.3, 0.4) is 0 Å². The molecule has 1 atom stereocenters. The number of hydrogen-bond donors (Lipinski definition) is 1. The van der Waals surface area contributed by atoms with Crippen molar-refractivity contribution in [3.05, 3.63) is 65.2 Å². The second-order valence-corrected chi connectivity index (χ2v) is 8.84. The van der Waals surface area contributed by atoms with Crippen LogP contribution in [0.15, 0.2) is 53.4 Å². The molecule has 3 rings (SSSR count). The number of nitrogens with zero attached hydrogens (tertiary/aromatic N) is 2. The number of sulfonamides is 1. The van der Waals surface area contributed by atoms with Gasteiger partial charge in [0.1, 0.15) is 6.04 Å². The highest BCUT2D eigenvalue weighted by atomic mass is 32.2. The summed E-state index contributed by atoms with van der Waals surface area (Å²) < 4.78 is 27.4. The second kappa shape index (κ2) is 7.80. The normalized spacial score (nSPS) is 17.6. The highest BCUT2D eigenvalue weighted by Gasteiger charge is 2.33. The summed E-state index contributed by atoms with van der Waals surface area (Å²) in [5, 5.41) is 0. The summed E-state index contributed by atoms with van der Waals surface area (Å²) >= 11 is 0. The highest BCUT2D eigenvalue weighted by Crippen LogP contribution is 2.25. The fourth-order valence-corrected chi connectivity index (χ4v) is 4.92. The molecule has 1 aliphatic heterocycles. The van der Waals surface area contributed by atoms with Crippen molar-refractivity contribution in [2.45, 2.75) is 24.8 Å². The van der Waals surface area contributed by atoms with Crippen LogP contribution in [0, 0.1) is 13.8 Å². The van der Waals surface area contributed by atoms with Crippen molar-refractivity contribution in [2.75, 3.05) is 26.2 Å². The molecule has 0 aromatic heterocycles. The zero-order chi connectivity index (χ0) is 19.6. The summed E-state index contributed by atoms with van der Waals surface area (Å²) in [6.45, 7) is 5.42. The number of amides is 1. The third-order valence-electron chi connectivity index (χ3n) is 5.14. The van der Waals surface area contributed by atoms with Gasteiger partial charge in [0.25, 0.3) is 0 Å². The molecule has 1 fully saturated rings. The topological polar surface area (TPSA) is 83.7 Å². The van der Waals surface area contributed by atoms with Crippen LogP contribution in [0.5, 0.6) is 0 Å². The average molecular weight is 388 g/mol. The van der Waals surface area contributed by atoms with E-state index in [4.69, 9.17) is 5.73 Å². The number of aryl methyl sites for hydroxylation is 2. The largest absolute Gasteiger partial charge is 0.368 e. The highest BCUT2D eigenvalue weighted by molar-refractivity contribution is 7.89. The molecular formula is C20H25N3O3S. The molecule has 0 saturated carbocycles. The fourth-order valence-electron chi connectivity index (χ4n) is 3.42. The Balaban J connectivity index is 1.76. The number of piperazine rings is 1. The Labute approximate surface area is 160 Å². The third-order valence-corrected chi connectivity index (χ3v) is 7.03. The molecule has 2 aromatic carbocycles. The summed E-state index contributed by atoms with van der Waals surface area (Å²) in [6.07, 6.45) is 0. The molecule has 0 aliphatic carbocycles. The van der Waals surface area contributed by atoms with E-state index in [2.05, 4.69) is 0 Å². The van der Waals surface area contributed by atoms with Crippen molar-refractivity contribution in [3.63, 3.8) is 0 Å². The molecule has 6 nitrogen and oxygen atoms in total. The minimum atomic E-state index is -3.54. The number of benzene rings is 2. The van der Waals surface area contributed by atoms with Crippen molar-refractivity contribution >= 4 is 15.9 Å². The van der Waals surface area contributed by atoms with E-state index in [1.807, 2.05) is 55.1 Å². The van der Waals surface area contributed by atoms with Gasteiger partial charge >= 0.3 is 0 Å². The third kappa shape index (κ3) is 4.05. The van der Waals surface area contributed by atoms with Crippen LogP contribution in [-0.4, -0.2) is 49.7 Å². The Bertz CT molecular complexity index is 921. The zero-order valence-electron chi connectivity index (χ0n) is 15.6. The standard InChI is InChI=1S/C20H25N3O3S/c1-15-8-9-18(14-16(15)2)27(25,26)23-12-10-22(11-13-23)19(20(21)24)17-6-4-3-5-7-17/h3-9,14,19H,10-13H2,1-2H3,(H2,21,24). The van der Waals surface area contributed by atoms with Crippen LogP contribution in [0.4, 0.5) is 0 Å². The van der Waals surface area contributed by atoms with E-state index in [1.54, 1.807) is 12.1 Å². The van der Waals surface area contributed by atoms with E-state index in [0.717, 1.165) is 16.7 Å². The summed E-state index contributed by atoms with van der Waals surface area (Å²) in [7, 11) is -3.54. The van der Waals surface area contributed by atoms with Crippen LogP contribution in [0.1, 0.15) is 22.7 Å². The van der Waals surface area contributed by atoms with Crippen molar-refractivity contribution in [1.82, 2.24) is 9.21 Å². The predicted molar refractivity (Wildman–Crippen MR) is 105 cm³/mol. The number of nitrogens with two attached hydrogens (primary N) is 1. The first kappa shape index (κ1) is 19.5. The Morgan fingerprint density at radius 3 is 2.15 bits per heavy atom. The first-order valence-electron chi connectivity index (χ1n) is 8.96. The van der Waals surface area contributed by atoms with E-state index in [-0.39, 0.29) is 0 Å². The van der Waals surface area contributed by atoms with E-state index in [0.29, 0.717) is 31.1 Å². The summed E-state index contributed by atoms with van der Waals surface area (Å²) in [5.74, 6) is -0.424. The second-order valence-electron chi connectivity index (χ2n) is 6.90. The zero-order valence-corrected chi connectivity index (χ0v) is 16.4. The lowest BCUT2D eigenvalue weighted by atomic mass is 10.0. The van der Waals surface area contributed by atoms with Crippen LogP contribution >= 0.6 is 0 Å². The first-order valence-corrected chi connectivity index (χ1v) is 10.4. The molecule has 1 saturated heterocycles. The molecule has 144 valence electrons. The number of rotatable bonds is 5. The molecule has 0 spiro atoms. The molecule has 0 radical (unpaired) electrons. The molecule has 1 heterocycles. The maximum absolute atomic E-state index is 12.9. The van der Waals surface area contributed by atoms with Gasteiger partial charge in [-0.05, 0) is 42.7 Å². The van der Waals surface area contributed by atoms with Gasteiger partial charge < -0.3 is 5.73 Å². The Morgan fingerprint density at radius 2 is 1.59 bits per heavy atom. The monoisotopic (exact) mass is 387 g/mol. The summed E-state index contributed by atoms with van der Waals surface area (Å²) in [6, 6.07) is 14.0. The van der Waals surface area contributed by atoms with E-state index in [9.17, 15) is 13.2 Å². The maximum atomic E-state index is 12.9. The van der Waals surface area contributed by atoms with Crippen LogP contribution in [0.25, 0.3) is 0 Å². The van der Waals surface area contributed by atoms with Gasteiger partial charge in [-0.3, -0.25) is 9.69 Å². The van der Waals surface area contributed by atoms with Gasteiger partial charge in [0.05, 0.1) is 4.90 Å². The predicted octanol–water partition coefficient (Wildman–Crippen LogP) is 1.84. The van der Waals surface area contributed by atoms with Crippen molar-refractivity contribution in [2.24, 2.45) is 5.73 Å². The lowest BCUT2D eigenvalue weighted by molar-refractivity contribution is -0.124. The lowest BCUT2D eigenvalue weighted by Crippen LogP contribution is -2.51. The van der Waals surface area contributed by atoms with E-state index >= 15 is 0 Å². The number of hydrogen-bond acceptors (Lipinski definition) is 4. The van der Waals surface area contributed by atoms with E-state index in [1.165, 1.54) is 4.31 Å². The number of carbonyl (C=O) groups excluding carboxylic acids is 1. The molecule has 2 aromatic rings. The van der Waals surface area contributed by atoms with Gasteiger partial charge in [-0.1, -0.05) is 36.4 Å². The Hall–Kier alpha value is -2.22. The lowest BCUT2D eigenvalue weighted by Gasteiger charge is -2.37. The van der Waals surface area contributed by atoms with Crippen molar-refractivity contribution < 1.29 is 13.2 Å². The smallest absolute Gasteiger partial charge is 0.243 e. The number of carbonyl (C=O) groups is 1. The van der Waals surface area contributed by atoms with Crippen molar-refractivity contribution in [1.29, 1.82) is 0 Å². The minimum absolute atomic E-state index is 0.313. The first-order chi connectivity index (χ1) is 12.8. The average Bonchev–Trinajstić information content (AvgIpc) is 2.65. The maximum Gasteiger partial charge on any atom is 0.243 e. The van der Waals surface area contributed by atoms with Crippen LogP contribution in [-0.2, 0) is 14.8 Å². The van der Waals surface area contributed by atoms with Gasteiger partial charge in [0.2, 0.25) is 15.9 Å². The molecule has 27 heavy (non-hydrogen) atoms. The van der Waals surface area contributed by atoms with Gasteiger partial charge in [-0.15, -0.1) is 0 Å². The molecular weight excluding hydrogens is 362 g/mol. The Kier molecular flexibility index (Phi) is 5.64. The van der Waals surface area contributed by atoms with Gasteiger partial charge in [0, 0.05) is 26.2 Å². The molecule has 1 unspecified atom stereocenters. The van der Waals surface area contributed by atoms with Crippen LogP contribution < -0.4 is 5.73 Å². The molecule has 7 heteroatoms. The summed E-state index contributed by atoms with van der Waals surface area (Å²) in [5.41, 5.74) is 8.47. The molecule has 1 aliphatic rings. The fraction of sp³-hybridized carbons (Fsp3) is 0.350. The SMILES string of the molecule is Cc1ccc(S(=O)(=O)N2CCN(C(C(N)=O)c3ccccc3)CC2)cc1C. The molecule has 2 N–H and O–H groups in total. The summed E-state index contributed by atoms with van der Waals surface area (Å²) in [4.78, 5) is 14.3. The minimum Gasteiger partial charge on any atom is -0.368 e. The van der Waals surface area contributed by atoms with Gasteiger partial charge in [-0.25, -0.2) is 8.42 Å². The Morgan fingerprint density at radius 1 is 0.963 bits per heavy atom. The molecule has 0 bridgehead atoms. The van der Waals surface area contributed by atoms with E-state index < -0.39 is 22.0 Å². The van der Waals surface area contributed by atoms with Crippen molar-refractivity contribution in [3.8, 4) is 0 Å².